The maximum absolute atomic E-state index is 12.4. The van der Waals surface area contributed by atoms with Crippen LogP contribution in [-0.2, 0) is 9.59 Å². The van der Waals surface area contributed by atoms with Gasteiger partial charge in [-0.25, -0.2) is 4.79 Å². The number of nitrogens with one attached hydrogen (secondary N) is 2. The molecular weight excluding hydrogens is 330 g/mol. The van der Waals surface area contributed by atoms with Gasteiger partial charge in [0.15, 0.2) is 0 Å². The summed E-state index contributed by atoms with van der Waals surface area (Å²) in [6.07, 6.45) is 9.17. The molecule has 3 N–H and O–H groups in total. The number of nitriles is 1. The summed E-state index contributed by atoms with van der Waals surface area (Å²) in [4.78, 5) is 23.7. The van der Waals surface area contributed by atoms with Crippen LogP contribution in [0.1, 0.15) is 58.8 Å². The van der Waals surface area contributed by atoms with Crippen LogP contribution < -0.4 is 10.6 Å². The van der Waals surface area contributed by atoms with Gasteiger partial charge in [0.25, 0.3) is 5.91 Å². The number of aliphatic carboxylic acids is 1. The number of carbonyl (C=O) groups is 2. The number of amides is 1. The van der Waals surface area contributed by atoms with Crippen LogP contribution in [0.5, 0.6) is 0 Å². The lowest BCUT2D eigenvalue weighted by Gasteiger charge is -2.56. The van der Waals surface area contributed by atoms with Gasteiger partial charge in [0.05, 0.1) is 0 Å². The molecule has 0 radical (unpaired) electrons. The molecule has 0 aromatic heterocycles. The average Bonchev–Trinajstić information content (AvgIpc) is 2.52. The smallest absolute Gasteiger partial charge is 0.326 e. The molecular formula is C20H29N3O3. The minimum Gasteiger partial charge on any atom is -0.480 e. The third-order valence-corrected chi connectivity index (χ3v) is 6.24. The van der Waals surface area contributed by atoms with E-state index in [0.29, 0.717) is 6.42 Å². The number of carbonyl (C=O) groups excluding carboxylic acids is 1. The Hall–Kier alpha value is -2.03. The number of hydrogen-bond acceptors (Lipinski definition) is 4. The first-order chi connectivity index (χ1) is 12.3. The average molecular weight is 359 g/mol. The highest BCUT2D eigenvalue weighted by molar-refractivity contribution is 5.99. The van der Waals surface area contributed by atoms with Crippen molar-refractivity contribution >= 4 is 11.9 Å². The Kier molecular flexibility index (Phi) is 5.27. The van der Waals surface area contributed by atoms with Crippen LogP contribution in [0.4, 0.5) is 0 Å². The summed E-state index contributed by atoms with van der Waals surface area (Å²) in [6.45, 7) is 3.80. The Labute approximate surface area is 155 Å². The van der Waals surface area contributed by atoms with Crippen molar-refractivity contribution in [1.29, 1.82) is 5.26 Å². The number of nitrogens with zero attached hydrogens (tertiary/aromatic N) is 1. The summed E-state index contributed by atoms with van der Waals surface area (Å²) in [5.41, 5.74) is -0.0305. The van der Waals surface area contributed by atoms with Gasteiger partial charge in [0.1, 0.15) is 17.7 Å². The second-order valence-electron chi connectivity index (χ2n) is 9.01. The maximum atomic E-state index is 12.4. The van der Waals surface area contributed by atoms with Gasteiger partial charge in [-0.3, -0.25) is 4.79 Å². The van der Waals surface area contributed by atoms with Crippen LogP contribution in [-0.4, -0.2) is 28.6 Å². The topological polar surface area (TPSA) is 102 Å². The highest BCUT2D eigenvalue weighted by Crippen LogP contribution is 2.55. The molecule has 0 heterocycles. The van der Waals surface area contributed by atoms with Crippen LogP contribution in [0, 0.1) is 35.0 Å². The predicted molar refractivity (Wildman–Crippen MR) is 96.8 cm³/mol. The zero-order valence-corrected chi connectivity index (χ0v) is 15.6. The molecule has 6 heteroatoms. The fourth-order valence-electron chi connectivity index (χ4n) is 5.59. The van der Waals surface area contributed by atoms with Crippen LogP contribution in [0.15, 0.2) is 11.8 Å². The molecule has 1 unspecified atom stereocenters. The van der Waals surface area contributed by atoms with Gasteiger partial charge < -0.3 is 15.7 Å². The Morgan fingerprint density at radius 2 is 1.73 bits per heavy atom. The molecule has 4 fully saturated rings. The number of rotatable bonds is 7. The quantitative estimate of drug-likeness (QED) is 0.479. The highest BCUT2D eigenvalue weighted by Gasteiger charge is 2.50. The number of carboxylic acids is 1. The fraction of sp³-hybridized carbons (Fsp3) is 0.750. The lowest BCUT2D eigenvalue weighted by Crippen LogP contribution is -2.57. The van der Waals surface area contributed by atoms with E-state index in [1.807, 2.05) is 19.9 Å². The molecule has 4 rings (SSSR count). The zero-order chi connectivity index (χ0) is 18.9. The van der Waals surface area contributed by atoms with Crippen LogP contribution in [0.25, 0.3) is 0 Å². The molecule has 4 aliphatic rings. The summed E-state index contributed by atoms with van der Waals surface area (Å²) < 4.78 is 0. The molecule has 0 aromatic rings. The molecule has 4 aliphatic carbocycles. The lowest BCUT2D eigenvalue weighted by molar-refractivity contribution is -0.141. The van der Waals surface area contributed by atoms with Gasteiger partial charge >= 0.3 is 5.97 Å². The van der Waals surface area contributed by atoms with E-state index in [9.17, 15) is 20.0 Å². The van der Waals surface area contributed by atoms with Gasteiger partial charge in [0, 0.05) is 11.7 Å². The van der Waals surface area contributed by atoms with Crippen molar-refractivity contribution in [3.63, 3.8) is 0 Å². The summed E-state index contributed by atoms with van der Waals surface area (Å²) in [7, 11) is 0. The first kappa shape index (κ1) is 18.8. The zero-order valence-electron chi connectivity index (χ0n) is 15.6. The van der Waals surface area contributed by atoms with Crippen molar-refractivity contribution in [2.75, 3.05) is 0 Å². The van der Waals surface area contributed by atoms with Crippen molar-refractivity contribution in [3.05, 3.63) is 11.8 Å². The van der Waals surface area contributed by atoms with E-state index in [0.717, 1.165) is 37.0 Å². The Bertz CT molecular complexity index is 612. The largest absolute Gasteiger partial charge is 0.480 e. The molecule has 1 amide bonds. The number of hydrogen-bond donors (Lipinski definition) is 3. The first-order valence-electron chi connectivity index (χ1n) is 9.72. The van der Waals surface area contributed by atoms with Crippen LogP contribution in [0.2, 0.25) is 0 Å². The van der Waals surface area contributed by atoms with E-state index < -0.39 is 17.9 Å². The third-order valence-electron chi connectivity index (χ3n) is 6.24. The van der Waals surface area contributed by atoms with Crippen LogP contribution in [0.3, 0.4) is 0 Å². The van der Waals surface area contributed by atoms with E-state index >= 15 is 0 Å². The first-order valence-corrected chi connectivity index (χ1v) is 9.72. The maximum Gasteiger partial charge on any atom is 0.326 e. The Morgan fingerprint density at radius 3 is 2.15 bits per heavy atom. The molecule has 4 bridgehead atoms. The van der Waals surface area contributed by atoms with Crippen molar-refractivity contribution in [2.45, 2.75) is 70.4 Å². The fourth-order valence-corrected chi connectivity index (χ4v) is 5.59. The molecule has 0 aliphatic heterocycles. The van der Waals surface area contributed by atoms with Gasteiger partial charge in [-0.2, -0.15) is 5.26 Å². The van der Waals surface area contributed by atoms with Crippen molar-refractivity contribution in [2.24, 2.45) is 23.7 Å². The molecule has 0 aromatic carbocycles. The van der Waals surface area contributed by atoms with E-state index in [2.05, 4.69) is 10.6 Å². The predicted octanol–water partition coefficient (Wildman–Crippen LogP) is 2.57. The van der Waals surface area contributed by atoms with Crippen molar-refractivity contribution in [3.8, 4) is 6.07 Å². The summed E-state index contributed by atoms with van der Waals surface area (Å²) in [5, 5.41) is 24.6. The molecule has 1 atom stereocenters. The van der Waals surface area contributed by atoms with Gasteiger partial charge in [-0.15, -0.1) is 0 Å². The van der Waals surface area contributed by atoms with E-state index in [-0.39, 0.29) is 17.0 Å². The summed E-state index contributed by atoms with van der Waals surface area (Å²) in [5.74, 6) is 0.754. The van der Waals surface area contributed by atoms with Crippen molar-refractivity contribution < 1.29 is 14.7 Å². The van der Waals surface area contributed by atoms with Gasteiger partial charge in [-0.1, -0.05) is 13.8 Å². The summed E-state index contributed by atoms with van der Waals surface area (Å²) >= 11 is 0. The third kappa shape index (κ3) is 4.03. The van der Waals surface area contributed by atoms with E-state index in [1.165, 1.54) is 25.5 Å². The van der Waals surface area contributed by atoms with E-state index in [1.54, 1.807) is 0 Å². The SMILES string of the molecule is CC(C)CC(NC(=O)/C(C#N)=C\NC12CC3CC(CC(C3)C1)C2)C(=O)O. The van der Waals surface area contributed by atoms with Crippen LogP contribution >= 0.6 is 0 Å². The minimum atomic E-state index is -1.07. The molecule has 142 valence electrons. The number of carboxylic acid groups (broad SMARTS) is 1. The standard InChI is InChI=1S/C20H29N3O3/c1-12(2)3-17(19(25)26)23-18(24)16(10-21)11-22-20-7-13-4-14(8-20)6-15(5-13)9-20/h11-15,17,22H,3-9H2,1-2H3,(H,23,24)(H,25,26)/b16-11-. The minimum absolute atomic E-state index is 0.0151. The van der Waals surface area contributed by atoms with Gasteiger partial charge in [-0.05, 0) is 68.6 Å². The second kappa shape index (κ2) is 7.30. The normalized spacial score (nSPS) is 33.6. The van der Waals surface area contributed by atoms with E-state index in [4.69, 9.17) is 0 Å². The Balaban J connectivity index is 1.65. The lowest BCUT2D eigenvalue weighted by atomic mass is 9.53. The second-order valence-corrected chi connectivity index (χ2v) is 9.01. The molecule has 26 heavy (non-hydrogen) atoms. The molecule has 4 saturated carbocycles. The van der Waals surface area contributed by atoms with Crippen molar-refractivity contribution in [1.82, 2.24) is 10.6 Å². The highest BCUT2D eigenvalue weighted by atomic mass is 16.4. The molecule has 0 spiro atoms. The monoisotopic (exact) mass is 359 g/mol. The molecule has 0 saturated heterocycles. The molecule has 6 nitrogen and oxygen atoms in total. The Morgan fingerprint density at radius 1 is 1.19 bits per heavy atom. The van der Waals surface area contributed by atoms with Gasteiger partial charge in [0.2, 0.25) is 0 Å². The summed E-state index contributed by atoms with van der Waals surface area (Å²) in [6, 6.07) is 0.952.